The van der Waals surface area contributed by atoms with Crippen molar-refractivity contribution in [3.63, 3.8) is 0 Å². The molecule has 0 saturated heterocycles. The first-order chi connectivity index (χ1) is 14.2. The Morgan fingerprint density at radius 1 is 0.759 bits per heavy atom. The third-order valence-corrected chi connectivity index (χ3v) is 5.68. The molecule has 4 aromatic carbocycles. The van der Waals surface area contributed by atoms with Crippen LogP contribution in [-0.4, -0.2) is 16.1 Å². The lowest BCUT2D eigenvalue weighted by atomic mass is 9.89. The number of aromatic nitrogens is 1. The van der Waals surface area contributed by atoms with Crippen LogP contribution < -0.4 is 0 Å². The average Bonchev–Trinajstić information content (AvgIpc) is 3.12. The van der Waals surface area contributed by atoms with E-state index >= 15 is 0 Å². The molecule has 0 aliphatic rings. The molecule has 142 valence electrons. The van der Waals surface area contributed by atoms with Gasteiger partial charge in [0.25, 0.3) is 0 Å². The summed E-state index contributed by atoms with van der Waals surface area (Å²) in [7, 11) is 0. The molecule has 2 N–H and O–H groups in total. The SMILES string of the molecule is O=C(O)CC(Cc1cc2cc3ccccc3cc2[nH]1)c1ccc2ccccc2c1. The minimum Gasteiger partial charge on any atom is -0.481 e. The molecule has 0 aliphatic carbocycles. The van der Waals surface area contributed by atoms with Crippen LogP contribution in [0.25, 0.3) is 32.4 Å². The van der Waals surface area contributed by atoms with Crippen molar-refractivity contribution in [2.24, 2.45) is 0 Å². The molecule has 5 rings (SSSR count). The summed E-state index contributed by atoms with van der Waals surface area (Å²) >= 11 is 0. The van der Waals surface area contributed by atoms with Crippen LogP contribution in [0, 0.1) is 0 Å². The first-order valence-corrected chi connectivity index (χ1v) is 9.86. The summed E-state index contributed by atoms with van der Waals surface area (Å²) in [6.45, 7) is 0. The van der Waals surface area contributed by atoms with Gasteiger partial charge in [0, 0.05) is 16.6 Å². The molecular weight excluding hydrogens is 358 g/mol. The highest BCUT2D eigenvalue weighted by Crippen LogP contribution is 2.30. The Labute approximate surface area is 168 Å². The first kappa shape index (κ1) is 17.5. The van der Waals surface area contributed by atoms with Crippen LogP contribution >= 0.6 is 0 Å². The number of hydrogen-bond acceptors (Lipinski definition) is 1. The second kappa shape index (κ2) is 7.10. The average molecular weight is 379 g/mol. The first-order valence-electron chi connectivity index (χ1n) is 9.86. The lowest BCUT2D eigenvalue weighted by Crippen LogP contribution is -2.09. The van der Waals surface area contributed by atoms with Gasteiger partial charge in [-0.15, -0.1) is 0 Å². The number of hydrogen-bond donors (Lipinski definition) is 2. The Hall–Kier alpha value is -3.59. The maximum absolute atomic E-state index is 11.6. The number of carboxylic acid groups (broad SMARTS) is 1. The van der Waals surface area contributed by atoms with E-state index in [1.165, 1.54) is 16.2 Å². The van der Waals surface area contributed by atoms with Crippen LogP contribution in [0.4, 0.5) is 0 Å². The second-order valence-electron chi connectivity index (χ2n) is 7.69. The summed E-state index contributed by atoms with van der Waals surface area (Å²) in [6.07, 6.45) is 0.769. The Bertz CT molecular complexity index is 1300. The fourth-order valence-electron chi connectivity index (χ4n) is 4.24. The predicted molar refractivity (Wildman–Crippen MR) is 118 cm³/mol. The van der Waals surface area contributed by atoms with E-state index in [-0.39, 0.29) is 12.3 Å². The second-order valence-corrected chi connectivity index (χ2v) is 7.69. The summed E-state index contributed by atoms with van der Waals surface area (Å²) in [4.78, 5) is 15.1. The Morgan fingerprint density at radius 3 is 2.14 bits per heavy atom. The number of carboxylic acids is 1. The van der Waals surface area contributed by atoms with Gasteiger partial charge >= 0.3 is 5.97 Å². The van der Waals surface area contributed by atoms with Crippen LogP contribution in [0.5, 0.6) is 0 Å². The molecule has 1 atom stereocenters. The molecule has 1 aromatic heterocycles. The number of fused-ring (bicyclic) bond motifs is 3. The summed E-state index contributed by atoms with van der Waals surface area (Å²) < 4.78 is 0. The fraction of sp³-hybridized carbons (Fsp3) is 0.115. The molecule has 5 aromatic rings. The van der Waals surface area contributed by atoms with Crippen molar-refractivity contribution >= 4 is 38.4 Å². The van der Waals surface area contributed by atoms with E-state index in [1.54, 1.807) is 0 Å². The van der Waals surface area contributed by atoms with Gasteiger partial charge in [-0.1, -0.05) is 66.7 Å². The van der Waals surface area contributed by atoms with Crippen molar-refractivity contribution < 1.29 is 9.90 Å². The molecule has 3 nitrogen and oxygen atoms in total. The van der Waals surface area contributed by atoms with Crippen molar-refractivity contribution in [1.29, 1.82) is 0 Å². The molecular formula is C26H21NO2. The number of rotatable bonds is 5. The number of nitrogens with one attached hydrogen (secondary N) is 1. The third kappa shape index (κ3) is 3.47. The highest BCUT2D eigenvalue weighted by molar-refractivity contribution is 5.97. The Morgan fingerprint density at radius 2 is 1.41 bits per heavy atom. The number of carbonyl (C=O) groups is 1. The number of H-pyrrole nitrogens is 1. The molecule has 0 aliphatic heterocycles. The highest BCUT2D eigenvalue weighted by atomic mass is 16.4. The van der Waals surface area contributed by atoms with E-state index in [2.05, 4.69) is 65.6 Å². The Balaban J connectivity index is 1.52. The molecule has 0 saturated carbocycles. The maximum atomic E-state index is 11.6. The van der Waals surface area contributed by atoms with E-state index in [0.29, 0.717) is 6.42 Å². The van der Waals surface area contributed by atoms with Gasteiger partial charge in [0.15, 0.2) is 0 Å². The number of aromatic amines is 1. The van der Waals surface area contributed by atoms with Crippen LogP contribution in [0.3, 0.4) is 0 Å². The van der Waals surface area contributed by atoms with E-state index in [4.69, 9.17) is 0 Å². The topological polar surface area (TPSA) is 53.1 Å². The largest absolute Gasteiger partial charge is 0.481 e. The molecule has 0 radical (unpaired) electrons. The van der Waals surface area contributed by atoms with E-state index in [1.807, 2.05) is 24.3 Å². The van der Waals surface area contributed by atoms with Crippen LogP contribution in [-0.2, 0) is 11.2 Å². The molecule has 29 heavy (non-hydrogen) atoms. The van der Waals surface area contributed by atoms with Gasteiger partial charge in [0.1, 0.15) is 0 Å². The molecule has 3 heteroatoms. The third-order valence-electron chi connectivity index (χ3n) is 5.68. The molecule has 1 heterocycles. The smallest absolute Gasteiger partial charge is 0.303 e. The Kier molecular flexibility index (Phi) is 4.28. The monoisotopic (exact) mass is 379 g/mol. The van der Waals surface area contributed by atoms with Gasteiger partial charge in [-0.05, 0) is 57.6 Å². The standard InChI is InChI=1S/C26H21NO2/c28-26(29)16-22(21-10-9-17-5-1-2-6-18(17)11-21)13-24-14-23-12-19-7-3-4-8-20(19)15-25(23)27-24/h1-12,14-15,22,27H,13,16H2,(H,28,29). The summed E-state index contributed by atoms with van der Waals surface area (Å²) in [5, 5.41) is 15.4. The predicted octanol–water partition coefficient (Wildman–Crippen LogP) is 6.28. The van der Waals surface area contributed by atoms with Gasteiger partial charge in [-0.25, -0.2) is 0 Å². The zero-order valence-electron chi connectivity index (χ0n) is 15.9. The minimum absolute atomic E-state index is 0.0837. The van der Waals surface area contributed by atoms with E-state index < -0.39 is 5.97 Å². The molecule has 0 bridgehead atoms. The molecule has 1 unspecified atom stereocenters. The molecule has 0 spiro atoms. The highest BCUT2D eigenvalue weighted by Gasteiger charge is 2.18. The van der Waals surface area contributed by atoms with E-state index in [9.17, 15) is 9.90 Å². The van der Waals surface area contributed by atoms with Crippen molar-refractivity contribution in [1.82, 2.24) is 4.98 Å². The maximum Gasteiger partial charge on any atom is 0.303 e. The van der Waals surface area contributed by atoms with E-state index in [0.717, 1.165) is 27.5 Å². The quantitative estimate of drug-likeness (QED) is 0.378. The van der Waals surface area contributed by atoms with Crippen LogP contribution in [0.2, 0.25) is 0 Å². The normalized spacial score (nSPS) is 12.6. The van der Waals surface area contributed by atoms with Gasteiger partial charge < -0.3 is 10.1 Å². The summed E-state index contributed by atoms with van der Waals surface area (Å²) in [5.74, 6) is -0.857. The fourth-order valence-corrected chi connectivity index (χ4v) is 4.24. The van der Waals surface area contributed by atoms with Gasteiger partial charge in [-0.3, -0.25) is 4.79 Å². The van der Waals surface area contributed by atoms with Crippen molar-refractivity contribution in [2.75, 3.05) is 0 Å². The lowest BCUT2D eigenvalue weighted by molar-refractivity contribution is -0.137. The van der Waals surface area contributed by atoms with Crippen molar-refractivity contribution in [3.05, 3.63) is 96.2 Å². The van der Waals surface area contributed by atoms with Crippen molar-refractivity contribution in [3.8, 4) is 0 Å². The van der Waals surface area contributed by atoms with Crippen LogP contribution in [0.1, 0.15) is 23.6 Å². The lowest BCUT2D eigenvalue weighted by Gasteiger charge is -2.15. The van der Waals surface area contributed by atoms with Gasteiger partial charge in [0.2, 0.25) is 0 Å². The summed E-state index contributed by atoms with van der Waals surface area (Å²) in [5.41, 5.74) is 3.22. The zero-order chi connectivity index (χ0) is 19.8. The summed E-state index contributed by atoms with van der Waals surface area (Å²) in [6, 6.07) is 29.3. The van der Waals surface area contributed by atoms with Gasteiger partial charge in [0.05, 0.1) is 6.42 Å². The van der Waals surface area contributed by atoms with Gasteiger partial charge in [-0.2, -0.15) is 0 Å². The number of aliphatic carboxylic acids is 1. The van der Waals surface area contributed by atoms with Crippen molar-refractivity contribution in [2.45, 2.75) is 18.8 Å². The number of benzene rings is 4. The minimum atomic E-state index is -0.773. The zero-order valence-corrected chi connectivity index (χ0v) is 15.9. The molecule has 0 fully saturated rings. The van der Waals surface area contributed by atoms with Crippen LogP contribution in [0.15, 0.2) is 84.9 Å². The molecule has 0 amide bonds.